The lowest BCUT2D eigenvalue weighted by Gasteiger charge is -2.12. The molecule has 0 saturated carbocycles. The third kappa shape index (κ3) is 6.41. The highest BCUT2D eigenvalue weighted by Crippen LogP contribution is 2.29. The summed E-state index contributed by atoms with van der Waals surface area (Å²) in [6.45, 7) is -3.68. The number of hydrogen-bond acceptors (Lipinski definition) is 7. The van der Waals surface area contributed by atoms with Crippen molar-refractivity contribution >= 4 is 17.6 Å². The Morgan fingerprint density at radius 2 is 1.93 bits per heavy atom. The smallest absolute Gasteiger partial charge is 0.387 e. The number of nitrogens with zero attached hydrogens (tertiary/aromatic N) is 1. The molecule has 0 aromatic heterocycles. The van der Waals surface area contributed by atoms with E-state index in [1.807, 2.05) is 0 Å². The fourth-order valence-electron chi connectivity index (χ4n) is 2.23. The monoisotopic (exact) mass is 410 g/mol. The molecule has 2 rings (SSSR count). The van der Waals surface area contributed by atoms with Gasteiger partial charge >= 0.3 is 12.6 Å². The Morgan fingerprint density at radius 3 is 2.59 bits per heavy atom. The minimum atomic E-state index is -3.01. The summed E-state index contributed by atoms with van der Waals surface area (Å²) >= 11 is 0. The molecule has 1 amide bonds. The maximum Gasteiger partial charge on any atom is 0.387 e. The zero-order valence-electron chi connectivity index (χ0n) is 15.1. The van der Waals surface area contributed by atoms with Gasteiger partial charge in [0.25, 0.3) is 11.6 Å². The van der Waals surface area contributed by atoms with Crippen LogP contribution in [-0.4, -0.2) is 37.1 Å². The number of rotatable bonds is 9. The van der Waals surface area contributed by atoms with Gasteiger partial charge in [0.05, 0.1) is 12.0 Å². The van der Waals surface area contributed by atoms with Crippen LogP contribution in [0.15, 0.2) is 42.5 Å². The summed E-state index contributed by atoms with van der Waals surface area (Å²) in [7, 11) is 1.27. The molecule has 0 spiro atoms. The van der Waals surface area contributed by atoms with Crippen LogP contribution in [0.3, 0.4) is 0 Å². The molecule has 0 bridgehead atoms. The molecule has 0 aliphatic heterocycles. The van der Waals surface area contributed by atoms with Gasteiger partial charge in [-0.2, -0.15) is 8.78 Å². The summed E-state index contributed by atoms with van der Waals surface area (Å²) in [6.07, 6.45) is 0. The van der Waals surface area contributed by atoms with Crippen LogP contribution in [-0.2, 0) is 16.1 Å². The molecule has 2 aromatic carbocycles. The van der Waals surface area contributed by atoms with Crippen molar-refractivity contribution in [3.63, 3.8) is 0 Å². The van der Waals surface area contributed by atoms with Crippen LogP contribution in [0.5, 0.6) is 11.5 Å². The van der Waals surface area contributed by atoms with Gasteiger partial charge in [0.1, 0.15) is 13.2 Å². The van der Waals surface area contributed by atoms with E-state index >= 15 is 0 Å². The second-order valence-corrected chi connectivity index (χ2v) is 5.51. The molecule has 0 aliphatic rings. The highest BCUT2D eigenvalue weighted by atomic mass is 19.3. The van der Waals surface area contributed by atoms with Gasteiger partial charge in [-0.3, -0.25) is 19.7 Å². The maximum atomic E-state index is 12.3. The minimum absolute atomic E-state index is 0.0198. The number of non-ortho nitro benzene ring substituents is 1. The average molecular weight is 410 g/mol. The SMILES string of the molecule is COc1cc(COC(=O)CNC(=O)c2cccc([N+](=O)[O-])c2)ccc1OC(F)F. The molecule has 154 valence electrons. The zero-order chi connectivity index (χ0) is 21.4. The molecular formula is C18H16F2N2O7. The van der Waals surface area contributed by atoms with Gasteiger partial charge < -0.3 is 19.5 Å². The first-order chi connectivity index (χ1) is 13.8. The number of methoxy groups -OCH3 is 1. The molecule has 0 heterocycles. The molecule has 0 unspecified atom stereocenters. The Kier molecular flexibility index (Phi) is 7.40. The summed E-state index contributed by atoms with van der Waals surface area (Å²) in [5, 5.41) is 13.0. The van der Waals surface area contributed by atoms with E-state index < -0.39 is 30.0 Å². The van der Waals surface area contributed by atoms with Crippen molar-refractivity contribution in [2.45, 2.75) is 13.2 Å². The van der Waals surface area contributed by atoms with Gasteiger partial charge in [0, 0.05) is 17.7 Å². The third-order valence-corrected chi connectivity index (χ3v) is 3.56. The van der Waals surface area contributed by atoms with Gasteiger partial charge in [0.15, 0.2) is 11.5 Å². The van der Waals surface area contributed by atoms with Crippen LogP contribution in [0.2, 0.25) is 0 Å². The molecule has 0 radical (unpaired) electrons. The third-order valence-electron chi connectivity index (χ3n) is 3.56. The number of carbonyl (C=O) groups excluding carboxylic acids is 2. The van der Waals surface area contributed by atoms with E-state index in [1.54, 1.807) is 0 Å². The van der Waals surface area contributed by atoms with Crippen molar-refractivity contribution in [1.29, 1.82) is 0 Å². The molecule has 2 aromatic rings. The largest absolute Gasteiger partial charge is 0.493 e. The van der Waals surface area contributed by atoms with E-state index in [2.05, 4.69) is 10.1 Å². The first-order valence-corrected chi connectivity index (χ1v) is 8.10. The van der Waals surface area contributed by atoms with Crippen LogP contribution in [0, 0.1) is 10.1 Å². The fraction of sp³-hybridized carbons (Fsp3) is 0.222. The average Bonchev–Trinajstić information content (AvgIpc) is 2.70. The number of ether oxygens (including phenoxy) is 3. The second-order valence-electron chi connectivity index (χ2n) is 5.51. The van der Waals surface area contributed by atoms with E-state index in [1.165, 1.54) is 43.5 Å². The Bertz CT molecular complexity index is 906. The van der Waals surface area contributed by atoms with Crippen molar-refractivity contribution < 1.29 is 37.5 Å². The van der Waals surface area contributed by atoms with Crippen molar-refractivity contribution in [1.82, 2.24) is 5.32 Å². The summed E-state index contributed by atoms with van der Waals surface area (Å²) < 4.78 is 38.8. The first kappa shape index (κ1) is 21.5. The van der Waals surface area contributed by atoms with Gasteiger partial charge in [-0.1, -0.05) is 12.1 Å². The van der Waals surface area contributed by atoms with Gasteiger partial charge in [0.2, 0.25) is 0 Å². The van der Waals surface area contributed by atoms with E-state index in [0.29, 0.717) is 5.56 Å². The normalized spacial score (nSPS) is 10.3. The van der Waals surface area contributed by atoms with E-state index in [-0.39, 0.29) is 29.4 Å². The molecule has 0 aliphatic carbocycles. The Hall–Kier alpha value is -3.76. The van der Waals surface area contributed by atoms with Crippen LogP contribution >= 0.6 is 0 Å². The van der Waals surface area contributed by atoms with Gasteiger partial charge in [-0.25, -0.2) is 0 Å². The number of hydrogen-bond donors (Lipinski definition) is 1. The van der Waals surface area contributed by atoms with E-state index in [4.69, 9.17) is 9.47 Å². The lowest BCUT2D eigenvalue weighted by Crippen LogP contribution is -2.30. The number of nitro benzene ring substituents is 1. The molecule has 0 fully saturated rings. The number of nitro groups is 1. The molecule has 1 N–H and O–H groups in total. The molecule has 9 nitrogen and oxygen atoms in total. The zero-order valence-corrected chi connectivity index (χ0v) is 15.1. The predicted molar refractivity (Wildman–Crippen MR) is 94.9 cm³/mol. The summed E-state index contributed by atoms with van der Waals surface area (Å²) in [6, 6.07) is 9.05. The van der Waals surface area contributed by atoms with Crippen molar-refractivity contribution in [2.24, 2.45) is 0 Å². The Balaban J connectivity index is 1.87. The lowest BCUT2D eigenvalue weighted by atomic mass is 10.2. The molecule has 0 saturated heterocycles. The lowest BCUT2D eigenvalue weighted by molar-refractivity contribution is -0.384. The highest BCUT2D eigenvalue weighted by molar-refractivity contribution is 5.96. The summed E-state index contributed by atoms with van der Waals surface area (Å²) in [5.74, 6) is -1.57. The second kappa shape index (κ2) is 9.97. The quantitative estimate of drug-likeness (QED) is 0.384. The van der Waals surface area contributed by atoms with Gasteiger partial charge in [-0.15, -0.1) is 0 Å². The standard InChI is InChI=1S/C18H16F2N2O7/c1-27-15-7-11(5-6-14(15)29-18(19)20)10-28-16(23)9-21-17(24)12-3-2-4-13(8-12)22(25)26/h2-8,18H,9-10H2,1H3,(H,21,24). The number of nitrogens with one attached hydrogen (secondary N) is 1. The number of esters is 1. The highest BCUT2D eigenvalue weighted by Gasteiger charge is 2.14. The van der Waals surface area contributed by atoms with Crippen molar-refractivity contribution in [3.8, 4) is 11.5 Å². The number of halogens is 2. The Labute approximate surface area is 163 Å². The van der Waals surface area contributed by atoms with Crippen molar-refractivity contribution in [2.75, 3.05) is 13.7 Å². The fourth-order valence-corrected chi connectivity index (χ4v) is 2.23. The first-order valence-electron chi connectivity index (χ1n) is 8.10. The van der Waals surface area contributed by atoms with Gasteiger partial charge in [-0.05, 0) is 23.8 Å². The van der Waals surface area contributed by atoms with E-state index in [0.717, 1.165) is 6.07 Å². The topological polar surface area (TPSA) is 117 Å². The molecule has 29 heavy (non-hydrogen) atoms. The summed E-state index contributed by atoms with van der Waals surface area (Å²) in [5.41, 5.74) is 0.210. The number of alkyl halides is 2. The van der Waals surface area contributed by atoms with Crippen LogP contribution in [0.1, 0.15) is 15.9 Å². The van der Waals surface area contributed by atoms with Crippen LogP contribution in [0.25, 0.3) is 0 Å². The maximum absolute atomic E-state index is 12.3. The number of benzene rings is 2. The number of amides is 1. The number of carbonyl (C=O) groups is 2. The van der Waals surface area contributed by atoms with Crippen LogP contribution in [0.4, 0.5) is 14.5 Å². The molecular weight excluding hydrogens is 394 g/mol. The summed E-state index contributed by atoms with van der Waals surface area (Å²) in [4.78, 5) is 33.9. The minimum Gasteiger partial charge on any atom is -0.493 e. The molecule has 11 heteroatoms. The van der Waals surface area contributed by atoms with E-state index in [9.17, 15) is 28.5 Å². The predicted octanol–water partition coefficient (Wildman–Crippen LogP) is 2.68. The molecule has 0 atom stereocenters. The van der Waals surface area contributed by atoms with Crippen molar-refractivity contribution in [3.05, 3.63) is 63.7 Å². The van der Waals surface area contributed by atoms with Crippen LogP contribution < -0.4 is 14.8 Å². The Morgan fingerprint density at radius 1 is 1.17 bits per heavy atom.